The molecule has 0 radical (unpaired) electrons. The first-order valence-electron chi connectivity index (χ1n) is 9.87. The minimum atomic E-state index is -0.625. The van der Waals surface area contributed by atoms with Gasteiger partial charge in [0.15, 0.2) is 0 Å². The first kappa shape index (κ1) is 18.1. The Morgan fingerprint density at radius 1 is 1.00 bits per heavy atom. The lowest BCUT2D eigenvalue weighted by Gasteiger charge is -2.37. The number of rotatable bonds is 4. The molecule has 27 heavy (non-hydrogen) atoms. The number of benzene rings is 1. The quantitative estimate of drug-likeness (QED) is 0.820. The van der Waals surface area contributed by atoms with E-state index in [4.69, 9.17) is 4.74 Å². The van der Waals surface area contributed by atoms with Gasteiger partial charge in [-0.2, -0.15) is 0 Å². The highest BCUT2D eigenvalue weighted by molar-refractivity contribution is 6.07. The van der Waals surface area contributed by atoms with Gasteiger partial charge in [-0.1, -0.05) is 19.3 Å². The van der Waals surface area contributed by atoms with Crippen molar-refractivity contribution in [3.05, 3.63) is 24.3 Å². The fourth-order valence-electron chi connectivity index (χ4n) is 4.44. The van der Waals surface area contributed by atoms with Crippen molar-refractivity contribution in [1.29, 1.82) is 0 Å². The SMILES string of the molecule is COc1ccc(N2CCN(CN3C(=O)NC4(CCCCC4)C3=O)CC2)cc1. The molecule has 0 aromatic heterocycles. The molecule has 3 fully saturated rings. The summed E-state index contributed by atoms with van der Waals surface area (Å²) in [4.78, 5) is 31.3. The summed E-state index contributed by atoms with van der Waals surface area (Å²) in [6.45, 7) is 3.80. The average Bonchev–Trinajstić information content (AvgIpc) is 2.93. The van der Waals surface area contributed by atoms with E-state index in [9.17, 15) is 9.59 Å². The Morgan fingerprint density at radius 2 is 1.67 bits per heavy atom. The van der Waals surface area contributed by atoms with Gasteiger partial charge in [0, 0.05) is 31.9 Å². The molecule has 0 bridgehead atoms. The molecule has 1 N–H and O–H groups in total. The van der Waals surface area contributed by atoms with Gasteiger partial charge in [0.05, 0.1) is 13.8 Å². The summed E-state index contributed by atoms with van der Waals surface area (Å²) in [7, 11) is 1.67. The highest BCUT2D eigenvalue weighted by Gasteiger charge is 2.51. The van der Waals surface area contributed by atoms with Gasteiger partial charge in [0.25, 0.3) is 5.91 Å². The summed E-state index contributed by atoms with van der Waals surface area (Å²) in [5.41, 5.74) is 0.548. The van der Waals surface area contributed by atoms with Crippen molar-refractivity contribution in [3.63, 3.8) is 0 Å². The maximum atomic E-state index is 12.9. The highest BCUT2D eigenvalue weighted by Crippen LogP contribution is 2.33. The summed E-state index contributed by atoms with van der Waals surface area (Å²) in [5.74, 6) is 0.831. The summed E-state index contributed by atoms with van der Waals surface area (Å²) >= 11 is 0. The number of nitrogens with zero attached hydrogens (tertiary/aromatic N) is 3. The zero-order valence-electron chi connectivity index (χ0n) is 15.9. The van der Waals surface area contributed by atoms with Gasteiger partial charge in [-0.25, -0.2) is 9.69 Å². The van der Waals surface area contributed by atoms with Gasteiger partial charge in [-0.05, 0) is 37.1 Å². The summed E-state index contributed by atoms with van der Waals surface area (Å²) in [5, 5.41) is 2.99. The van der Waals surface area contributed by atoms with Crippen LogP contribution in [0, 0.1) is 0 Å². The normalized spacial score (nSPS) is 23.0. The lowest BCUT2D eigenvalue weighted by molar-refractivity contribution is -0.133. The van der Waals surface area contributed by atoms with Crippen LogP contribution in [0.5, 0.6) is 5.75 Å². The molecule has 1 saturated carbocycles. The Morgan fingerprint density at radius 3 is 2.30 bits per heavy atom. The van der Waals surface area contributed by atoms with Crippen molar-refractivity contribution in [2.24, 2.45) is 0 Å². The number of amides is 3. The summed E-state index contributed by atoms with van der Waals surface area (Å²) in [6, 6.07) is 7.86. The molecule has 4 rings (SSSR count). The van der Waals surface area contributed by atoms with Crippen LogP contribution in [0.3, 0.4) is 0 Å². The lowest BCUT2D eigenvalue weighted by Crippen LogP contribution is -2.52. The molecule has 2 saturated heterocycles. The van der Waals surface area contributed by atoms with E-state index in [0.717, 1.165) is 64.0 Å². The van der Waals surface area contributed by atoms with Gasteiger partial charge >= 0.3 is 6.03 Å². The molecule has 7 heteroatoms. The van der Waals surface area contributed by atoms with E-state index < -0.39 is 5.54 Å². The predicted octanol–water partition coefficient (Wildman–Crippen LogP) is 2.03. The molecule has 1 aliphatic carbocycles. The molecule has 2 aliphatic heterocycles. The second-order valence-corrected chi connectivity index (χ2v) is 7.75. The van der Waals surface area contributed by atoms with Crippen LogP contribution in [0.15, 0.2) is 24.3 Å². The van der Waals surface area contributed by atoms with Gasteiger partial charge < -0.3 is 15.0 Å². The fourth-order valence-corrected chi connectivity index (χ4v) is 4.44. The first-order chi connectivity index (χ1) is 13.1. The second-order valence-electron chi connectivity index (χ2n) is 7.75. The Balaban J connectivity index is 1.33. The van der Waals surface area contributed by atoms with Crippen molar-refractivity contribution in [2.75, 3.05) is 44.9 Å². The molecule has 7 nitrogen and oxygen atoms in total. The van der Waals surface area contributed by atoms with E-state index in [1.165, 1.54) is 10.6 Å². The number of nitrogens with one attached hydrogen (secondary N) is 1. The lowest BCUT2D eigenvalue weighted by atomic mass is 9.82. The van der Waals surface area contributed by atoms with Gasteiger partial charge in [-0.15, -0.1) is 0 Å². The van der Waals surface area contributed by atoms with E-state index in [1.54, 1.807) is 7.11 Å². The largest absolute Gasteiger partial charge is 0.497 e. The number of hydrogen-bond donors (Lipinski definition) is 1. The standard InChI is InChI=1S/C20H28N4O3/c1-27-17-7-5-16(6-8-17)23-13-11-22(12-14-23)15-24-18(25)20(21-19(24)26)9-3-2-4-10-20/h5-8H,2-4,9-15H2,1H3,(H,21,26). The molecule has 1 aromatic rings. The molecule has 146 valence electrons. The second kappa shape index (κ2) is 7.38. The van der Waals surface area contributed by atoms with Crippen LogP contribution in [0.4, 0.5) is 10.5 Å². The highest BCUT2D eigenvalue weighted by atomic mass is 16.5. The van der Waals surface area contributed by atoms with Crippen LogP contribution in [-0.4, -0.2) is 67.2 Å². The number of ether oxygens (including phenoxy) is 1. The van der Waals surface area contributed by atoms with Gasteiger partial charge in [0.2, 0.25) is 0 Å². The smallest absolute Gasteiger partial charge is 0.326 e. The molecule has 0 unspecified atom stereocenters. The Bertz CT molecular complexity index is 692. The molecule has 0 atom stereocenters. The Hall–Kier alpha value is -2.28. The van der Waals surface area contributed by atoms with E-state index in [0.29, 0.717) is 6.67 Å². The predicted molar refractivity (Wildman–Crippen MR) is 103 cm³/mol. The van der Waals surface area contributed by atoms with Crippen LogP contribution in [-0.2, 0) is 4.79 Å². The summed E-state index contributed by atoms with van der Waals surface area (Å²) < 4.78 is 5.21. The molecular formula is C20H28N4O3. The Kier molecular flexibility index (Phi) is 4.95. The van der Waals surface area contributed by atoms with E-state index >= 15 is 0 Å². The number of piperazine rings is 1. The van der Waals surface area contributed by atoms with Crippen molar-refractivity contribution in [1.82, 2.24) is 15.1 Å². The van der Waals surface area contributed by atoms with E-state index in [1.807, 2.05) is 12.1 Å². The van der Waals surface area contributed by atoms with Crippen molar-refractivity contribution in [3.8, 4) is 5.75 Å². The third-order valence-electron chi connectivity index (χ3n) is 6.10. The van der Waals surface area contributed by atoms with Gasteiger partial charge in [-0.3, -0.25) is 9.69 Å². The van der Waals surface area contributed by atoms with Crippen LogP contribution in [0.2, 0.25) is 0 Å². The van der Waals surface area contributed by atoms with Crippen LogP contribution >= 0.6 is 0 Å². The molecule has 3 amide bonds. The van der Waals surface area contributed by atoms with Crippen molar-refractivity contribution < 1.29 is 14.3 Å². The maximum absolute atomic E-state index is 12.9. The summed E-state index contributed by atoms with van der Waals surface area (Å²) in [6.07, 6.45) is 4.73. The number of anilines is 1. The number of urea groups is 1. The fraction of sp³-hybridized carbons (Fsp3) is 0.600. The average molecular weight is 372 g/mol. The van der Waals surface area contributed by atoms with E-state index in [2.05, 4.69) is 27.2 Å². The number of carbonyl (C=O) groups is 2. The zero-order chi connectivity index (χ0) is 18.9. The maximum Gasteiger partial charge on any atom is 0.326 e. The monoisotopic (exact) mass is 372 g/mol. The number of methoxy groups -OCH3 is 1. The van der Waals surface area contributed by atoms with Crippen LogP contribution in [0.25, 0.3) is 0 Å². The molecule has 3 aliphatic rings. The number of imide groups is 1. The molecule has 2 heterocycles. The van der Waals surface area contributed by atoms with Crippen LogP contribution in [0.1, 0.15) is 32.1 Å². The Labute approximate surface area is 160 Å². The third-order valence-corrected chi connectivity index (χ3v) is 6.10. The van der Waals surface area contributed by atoms with Crippen LogP contribution < -0.4 is 15.0 Å². The van der Waals surface area contributed by atoms with Gasteiger partial charge in [0.1, 0.15) is 11.3 Å². The molecule has 1 spiro atoms. The zero-order valence-corrected chi connectivity index (χ0v) is 15.9. The topological polar surface area (TPSA) is 65.1 Å². The minimum Gasteiger partial charge on any atom is -0.497 e. The molecule has 1 aromatic carbocycles. The third kappa shape index (κ3) is 3.48. The first-order valence-corrected chi connectivity index (χ1v) is 9.87. The number of carbonyl (C=O) groups excluding carboxylic acids is 2. The minimum absolute atomic E-state index is 0.0233. The van der Waals surface area contributed by atoms with E-state index in [-0.39, 0.29) is 11.9 Å². The van der Waals surface area contributed by atoms with Crippen molar-refractivity contribution in [2.45, 2.75) is 37.6 Å². The molecular weight excluding hydrogens is 344 g/mol. The number of hydrogen-bond acceptors (Lipinski definition) is 5. The van der Waals surface area contributed by atoms with Crippen molar-refractivity contribution >= 4 is 17.6 Å².